The van der Waals surface area contributed by atoms with Crippen LogP contribution in [0.2, 0.25) is 0 Å². The SMILES string of the molecule is CC(C)(C)Sc1ccc([C@@H](N)C(=O)O)cc1. The van der Waals surface area contributed by atoms with E-state index in [4.69, 9.17) is 10.8 Å². The minimum Gasteiger partial charge on any atom is -0.480 e. The predicted molar refractivity (Wildman–Crippen MR) is 66.6 cm³/mol. The number of rotatable bonds is 3. The van der Waals surface area contributed by atoms with Crippen molar-refractivity contribution in [2.24, 2.45) is 5.73 Å². The maximum absolute atomic E-state index is 10.7. The topological polar surface area (TPSA) is 63.3 Å². The zero-order valence-corrected chi connectivity index (χ0v) is 10.5. The third kappa shape index (κ3) is 3.87. The molecule has 0 aliphatic heterocycles. The van der Waals surface area contributed by atoms with E-state index in [1.165, 1.54) is 0 Å². The molecule has 16 heavy (non-hydrogen) atoms. The van der Waals surface area contributed by atoms with E-state index in [1.54, 1.807) is 23.9 Å². The molecule has 0 heterocycles. The Hall–Kier alpha value is -1.00. The average molecular weight is 239 g/mol. The minimum absolute atomic E-state index is 0.149. The van der Waals surface area contributed by atoms with E-state index in [1.807, 2.05) is 12.1 Å². The summed E-state index contributed by atoms with van der Waals surface area (Å²) in [6.07, 6.45) is 0. The standard InChI is InChI=1S/C12H17NO2S/c1-12(2,3)16-9-6-4-8(5-7-9)10(13)11(14)15/h4-7,10H,13H2,1-3H3,(H,14,15)/t10-/m1/s1. The van der Waals surface area contributed by atoms with E-state index in [2.05, 4.69) is 20.8 Å². The van der Waals surface area contributed by atoms with Gasteiger partial charge in [0.15, 0.2) is 0 Å². The molecule has 1 aromatic carbocycles. The fourth-order valence-corrected chi connectivity index (χ4v) is 2.22. The summed E-state index contributed by atoms with van der Waals surface area (Å²) in [4.78, 5) is 11.8. The number of thioether (sulfide) groups is 1. The van der Waals surface area contributed by atoms with Gasteiger partial charge in [0.25, 0.3) is 0 Å². The molecule has 4 heteroatoms. The number of aliphatic carboxylic acids is 1. The van der Waals surface area contributed by atoms with Crippen molar-refractivity contribution in [1.29, 1.82) is 0 Å². The highest BCUT2D eigenvalue weighted by atomic mass is 32.2. The summed E-state index contributed by atoms with van der Waals surface area (Å²) in [7, 11) is 0. The normalized spacial score (nSPS) is 13.5. The predicted octanol–water partition coefficient (Wildman–Crippen LogP) is 2.66. The molecule has 3 N–H and O–H groups in total. The Balaban J connectivity index is 2.79. The van der Waals surface area contributed by atoms with Crippen molar-refractivity contribution < 1.29 is 9.90 Å². The van der Waals surface area contributed by atoms with E-state index in [-0.39, 0.29) is 4.75 Å². The van der Waals surface area contributed by atoms with Crippen LogP contribution in [0.25, 0.3) is 0 Å². The first kappa shape index (κ1) is 13.1. The molecule has 0 aromatic heterocycles. The van der Waals surface area contributed by atoms with Gasteiger partial charge < -0.3 is 10.8 Å². The maximum atomic E-state index is 10.7. The van der Waals surface area contributed by atoms with Gasteiger partial charge >= 0.3 is 5.97 Å². The van der Waals surface area contributed by atoms with Crippen molar-refractivity contribution in [1.82, 2.24) is 0 Å². The Morgan fingerprint density at radius 2 is 1.81 bits per heavy atom. The van der Waals surface area contributed by atoms with Crippen molar-refractivity contribution >= 4 is 17.7 Å². The molecule has 1 atom stereocenters. The number of nitrogens with two attached hydrogens (primary N) is 1. The largest absolute Gasteiger partial charge is 0.480 e. The Morgan fingerprint density at radius 1 is 1.31 bits per heavy atom. The second-order valence-corrected chi connectivity index (χ2v) is 6.50. The van der Waals surface area contributed by atoms with E-state index in [9.17, 15) is 4.79 Å². The first-order valence-electron chi connectivity index (χ1n) is 5.07. The lowest BCUT2D eigenvalue weighted by atomic mass is 10.1. The van der Waals surface area contributed by atoms with Crippen LogP contribution < -0.4 is 5.73 Å². The van der Waals surface area contributed by atoms with Gasteiger partial charge in [-0.1, -0.05) is 32.9 Å². The van der Waals surface area contributed by atoms with Crippen LogP contribution in [0, 0.1) is 0 Å². The Morgan fingerprint density at radius 3 is 2.19 bits per heavy atom. The Kier molecular flexibility index (Phi) is 3.99. The molecule has 0 aliphatic rings. The van der Waals surface area contributed by atoms with Crippen LogP contribution in [0.5, 0.6) is 0 Å². The molecule has 0 spiro atoms. The van der Waals surface area contributed by atoms with Gasteiger partial charge in [-0.05, 0) is 17.7 Å². The molecule has 88 valence electrons. The van der Waals surface area contributed by atoms with Gasteiger partial charge in [-0.15, -0.1) is 11.8 Å². The van der Waals surface area contributed by atoms with E-state index in [0.717, 1.165) is 4.90 Å². The highest BCUT2D eigenvalue weighted by Gasteiger charge is 2.15. The summed E-state index contributed by atoms with van der Waals surface area (Å²) in [5, 5.41) is 8.76. The lowest BCUT2D eigenvalue weighted by Gasteiger charge is -2.17. The number of carboxylic acid groups (broad SMARTS) is 1. The molecular formula is C12H17NO2S. The molecule has 1 aromatic rings. The molecule has 3 nitrogen and oxygen atoms in total. The first-order valence-corrected chi connectivity index (χ1v) is 5.88. The third-order valence-corrected chi connectivity index (χ3v) is 3.05. The van der Waals surface area contributed by atoms with E-state index < -0.39 is 12.0 Å². The summed E-state index contributed by atoms with van der Waals surface area (Å²) >= 11 is 1.74. The highest BCUT2D eigenvalue weighted by molar-refractivity contribution is 8.00. The molecule has 0 saturated carbocycles. The zero-order chi connectivity index (χ0) is 12.3. The van der Waals surface area contributed by atoms with Gasteiger partial charge in [0.05, 0.1) is 0 Å². The number of carbonyl (C=O) groups is 1. The smallest absolute Gasteiger partial charge is 0.325 e. The fourth-order valence-electron chi connectivity index (χ4n) is 1.24. The van der Waals surface area contributed by atoms with Crippen LogP contribution >= 0.6 is 11.8 Å². The van der Waals surface area contributed by atoms with Gasteiger partial charge in [-0.25, -0.2) is 0 Å². The Bertz CT molecular complexity index is 368. The molecule has 0 bridgehead atoms. The average Bonchev–Trinajstić information content (AvgIpc) is 2.15. The maximum Gasteiger partial charge on any atom is 0.325 e. The summed E-state index contributed by atoms with van der Waals surface area (Å²) in [6, 6.07) is 6.43. The van der Waals surface area contributed by atoms with Gasteiger partial charge in [-0.3, -0.25) is 4.79 Å². The number of hydrogen-bond acceptors (Lipinski definition) is 3. The van der Waals surface area contributed by atoms with Crippen molar-refractivity contribution in [3.63, 3.8) is 0 Å². The third-order valence-electron chi connectivity index (χ3n) is 1.93. The van der Waals surface area contributed by atoms with Crippen LogP contribution in [-0.4, -0.2) is 15.8 Å². The van der Waals surface area contributed by atoms with Crippen molar-refractivity contribution in [2.75, 3.05) is 0 Å². The van der Waals surface area contributed by atoms with Gasteiger partial charge in [0, 0.05) is 9.64 Å². The van der Waals surface area contributed by atoms with Crippen LogP contribution in [-0.2, 0) is 4.79 Å². The summed E-state index contributed by atoms with van der Waals surface area (Å²) < 4.78 is 0.149. The lowest BCUT2D eigenvalue weighted by Crippen LogP contribution is -2.20. The van der Waals surface area contributed by atoms with Crippen molar-refractivity contribution in [3.8, 4) is 0 Å². The molecule has 0 aliphatic carbocycles. The molecule has 0 fully saturated rings. The second-order valence-electron chi connectivity index (χ2n) is 4.60. The quantitative estimate of drug-likeness (QED) is 0.796. The summed E-state index contributed by atoms with van der Waals surface area (Å²) in [6.45, 7) is 6.40. The van der Waals surface area contributed by atoms with E-state index in [0.29, 0.717) is 5.56 Å². The monoisotopic (exact) mass is 239 g/mol. The molecular weight excluding hydrogens is 222 g/mol. The molecule has 0 amide bonds. The van der Waals surface area contributed by atoms with Crippen LogP contribution in [0.15, 0.2) is 29.2 Å². The second kappa shape index (κ2) is 4.89. The first-order chi connectivity index (χ1) is 7.29. The summed E-state index contributed by atoms with van der Waals surface area (Å²) in [5.74, 6) is -1.00. The zero-order valence-electron chi connectivity index (χ0n) is 9.73. The fraction of sp³-hybridized carbons (Fsp3) is 0.417. The van der Waals surface area contributed by atoms with Crippen LogP contribution in [0.1, 0.15) is 32.4 Å². The van der Waals surface area contributed by atoms with Crippen LogP contribution in [0.3, 0.4) is 0 Å². The number of benzene rings is 1. The number of carboxylic acids is 1. The Labute approximate surface area is 100 Å². The molecule has 0 saturated heterocycles. The van der Waals surface area contributed by atoms with E-state index >= 15 is 0 Å². The number of hydrogen-bond donors (Lipinski definition) is 2. The van der Waals surface area contributed by atoms with Crippen LogP contribution in [0.4, 0.5) is 0 Å². The lowest BCUT2D eigenvalue weighted by molar-refractivity contribution is -0.138. The molecule has 0 radical (unpaired) electrons. The van der Waals surface area contributed by atoms with Gasteiger partial charge in [0.1, 0.15) is 6.04 Å². The molecule has 0 unspecified atom stereocenters. The highest BCUT2D eigenvalue weighted by Crippen LogP contribution is 2.32. The van der Waals surface area contributed by atoms with Gasteiger partial charge in [0.2, 0.25) is 0 Å². The summed E-state index contributed by atoms with van der Waals surface area (Å²) in [5.41, 5.74) is 6.14. The van der Waals surface area contributed by atoms with Gasteiger partial charge in [-0.2, -0.15) is 0 Å². The minimum atomic E-state index is -1.00. The molecule has 1 rings (SSSR count). The van der Waals surface area contributed by atoms with Crippen molar-refractivity contribution in [3.05, 3.63) is 29.8 Å². The van der Waals surface area contributed by atoms with Crippen molar-refractivity contribution in [2.45, 2.75) is 36.5 Å².